The van der Waals surface area contributed by atoms with Gasteiger partial charge in [0.15, 0.2) is 0 Å². The molecule has 1 aromatic heterocycles. The Hall–Kier alpha value is -1.26. The third kappa shape index (κ3) is 2.53. The molecule has 0 bridgehead atoms. The predicted octanol–water partition coefficient (Wildman–Crippen LogP) is -0.0997. The van der Waals surface area contributed by atoms with Crippen molar-refractivity contribution in [3.05, 3.63) is 17.7 Å². The maximum atomic E-state index is 11.0. The van der Waals surface area contributed by atoms with E-state index in [1.165, 1.54) is 0 Å². The maximum absolute atomic E-state index is 11.0. The first-order valence-electron chi connectivity index (χ1n) is 3.95. The van der Waals surface area contributed by atoms with Crippen LogP contribution in [0.4, 0.5) is 0 Å². The van der Waals surface area contributed by atoms with Gasteiger partial charge >= 0.3 is 28.3 Å². The molecular weight excluding hydrogens is 346 g/mol. The molecule has 1 heterocycles. The second-order valence-corrected chi connectivity index (χ2v) is 4.34. The molecule has 94 valence electrons. The summed E-state index contributed by atoms with van der Waals surface area (Å²) < 4.78 is 30.9. The molecule has 0 aliphatic rings. The Bertz CT molecular complexity index is 680. The SMILES string of the molecule is O=C(O)c1cc(S(=O)(=O)O)c2n[nH]nc2c1.[Ag+]. The average molecular weight is 351 g/mol. The summed E-state index contributed by atoms with van der Waals surface area (Å²) in [5.41, 5.74) is -0.353. The van der Waals surface area contributed by atoms with Crippen molar-refractivity contribution < 1.29 is 45.3 Å². The minimum absolute atomic E-state index is 0. The van der Waals surface area contributed by atoms with Gasteiger partial charge in [-0.05, 0) is 12.1 Å². The Morgan fingerprint density at radius 1 is 1.29 bits per heavy atom. The molecule has 3 N–H and O–H groups in total. The van der Waals surface area contributed by atoms with Crippen LogP contribution in [0.5, 0.6) is 0 Å². The molecule has 10 heteroatoms. The zero-order valence-corrected chi connectivity index (χ0v) is 10.2. The van der Waals surface area contributed by atoms with E-state index in [2.05, 4.69) is 15.4 Å². The standard InChI is InChI=1S/C7H5N3O5S.Ag/c11-7(12)3-1-4-6(9-10-8-4)5(2-3)16(13,14)15;/h1-2H,(H,11,12)(H,8,9,10)(H,13,14,15);/q;+1. The van der Waals surface area contributed by atoms with Crippen LogP contribution < -0.4 is 0 Å². The fourth-order valence-corrected chi connectivity index (χ4v) is 1.91. The first-order chi connectivity index (χ1) is 7.39. The van der Waals surface area contributed by atoms with Crippen LogP contribution in [-0.4, -0.2) is 39.5 Å². The summed E-state index contributed by atoms with van der Waals surface area (Å²) in [7, 11) is -4.54. The van der Waals surface area contributed by atoms with Crippen LogP contribution in [-0.2, 0) is 32.5 Å². The first kappa shape index (κ1) is 13.8. The van der Waals surface area contributed by atoms with Gasteiger partial charge in [0.05, 0.1) is 5.56 Å². The largest absolute Gasteiger partial charge is 1.00 e. The van der Waals surface area contributed by atoms with Gasteiger partial charge in [-0.25, -0.2) is 4.79 Å². The van der Waals surface area contributed by atoms with E-state index >= 15 is 0 Å². The Balaban J connectivity index is 0.00000144. The van der Waals surface area contributed by atoms with E-state index in [9.17, 15) is 13.2 Å². The Morgan fingerprint density at radius 3 is 2.47 bits per heavy atom. The van der Waals surface area contributed by atoms with Crippen LogP contribution in [0.1, 0.15) is 10.4 Å². The number of aromatic amines is 1. The molecule has 0 radical (unpaired) electrons. The van der Waals surface area contributed by atoms with E-state index in [1.54, 1.807) is 0 Å². The van der Waals surface area contributed by atoms with Crippen molar-refractivity contribution in [2.45, 2.75) is 4.90 Å². The topological polar surface area (TPSA) is 133 Å². The number of carboxylic acid groups (broad SMARTS) is 1. The second kappa shape index (κ2) is 4.55. The number of hydrogen-bond acceptors (Lipinski definition) is 5. The van der Waals surface area contributed by atoms with Crippen LogP contribution in [0.2, 0.25) is 0 Å². The van der Waals surface area contributed by atoms with Crippen molar-refractivity contribution in [1.82, 2.24) is 15.4 Å². The van der Waals surface area contributed by atoms with Crippen molar-refractivity contribution in [3.8, 4) is 0 Å². The summed E-state index contributed by atoms with van der Waals surface area (Å²) in [6, 6.07) is 1.97. The Kier molecular flexibility index (Phi) is 3.69. The fraction of sp³-hybridized carbons (Fsp3) is 0. The molecular formula is C7H5AgN3O5S+. The molecule has 0 saturated carbocycles. The second-order valence-electron chi connectivity index (χ2n) is 2.95. The van der Waals surface area contributed by atoms with Crippen LogP contribution in [0.3, 0.4) is 0 Å². The van der Waals surface area contributed by atoms with E-state index in [0.29, 0.717) is 0 Å². The number of aromatic nitrogens is 3. The number of fused-ring (bicyclic) bond motifs is 1. The molecule has 0 atom stereocenters. The van der Waals surface area contributed by atoms with E-state index in [1.807, 2.05) is 0 Å². The smallest absolute Gasteiger partial charge is 0.478 e. The minimum atomic E-state index is -4.54. The molecule has 0 amide bonds. The molecule has 0 unspecified atom stereocenters. The fourth-order valence-electron chi connectivity index (χ4n) is 1.24. The average Bonchev–Trinajstić information content (AvgIpc) is 2.61. The monoisotopic (exact) mass is 350 g/mol. The minimum Gasteiger partial charge on any atom is -0.478 e. The molecule has 0 fully saturated rings. The van der Waals surface area contributed by atoms with Gasteiger partial charge in [0.2, 0.25) is 0 Å². The van der Waals surface area contributed by atoms with Crippen molar-refractivity contribution in [2.75, 3.05) is 0 Å². The van der Waals surface area contributed by atoms with Gasteiger partial charge in [0, 0.05) is 0 Å². The molecule has 0 aliphatic heterocycles. The summed E-state index contributed by atoms with van der Waals surface area (Å²) in [6.07, 6.45) is 0. The van der Waals surface area contributed by atoms with Gasteiger partial charge in [-0.2, -0.15) is 23.8 Å². The van der Waals surface area contributed by atoms with E-state index < -0.39 is 21.0 Å². The summed E-state index contributed by atoms with van der Waals surface area (Å²) in [4.78, 5) is 10.1. The van der Waals surface area contributed by atoms with Gasteiger partial charge in [0.25, 0.3) is 10.1 Å². The zero-order valence-electron chi connectivity index (χ0n) is 7.88. The Labute approximate surface area is 110 Å². The van der Waals surface area contributed by atoms with Gasteiger partial charge in [0.1, 0.15) is 15.9 Å². The van der Waals surface area contributed by atoms with Crippen molar-refractivity contribution >= 4 is 27.1 Å². The third-order valence-electron chi connectivity index (χ3n) is 1.91. The molecule has 0 saturated heterocycles. The number of carboxylic acids is 1. The van der Waals surface area contributed by atoms with Crippen molar-refractivity contribution in [2.24, 2.45) is 0 Å². The number of rotatable bonds is 2. The quantitative estimate of drug-likeness (QED) is 0.508. The first-order valence-corrected chi connectivity index (χ1v) is 5.39. The summed E-state index contributed by atoms with van der Waals surface area (Å²) in [6.45, 7) is 0. The number of aromatic carboxylic acids is 1. The molecule has 0 spiro atoms. The van der Waals surface area contributed by atoms with E-state index in [-0.39, 0.29) is 39.0 Å². The van der Waals surface area contributed by atoms with Gasteiger partial charge < -0.3 is 5.11 Å². The van der Waals surface area contributed by atoms with E-state index in [0.717, 1.165) is 12.1 Å². The summed E-state index contributed by atoms with van der Waals surface area (Å²) in [5.74, 6) is -1.32. The number of benzene rings is 1. The number of H-pyrrole nitrogens is 1. The predicted molar refractivity (Wildman–Crippen MR) is 50.7 cm³/mol. The molecule has 17 heavy (non-hydrogen) atoms. The van der Waals surface area contributed by atoms with Crippen LogP contribution in [0.15, 0.2) is 17.0 Å². The number of hydrogen-bond donors (Lipinski definition) is 3. The van der Waals surface area contributed by atoms with Crippen LogP contribution in [0.25, 0.3) is 11.0 Å². The molecule has 8 nitrogen and oxygen atoms in total. The van der Waals surface area contributed by atoms with E-state index in [4.69, 9.17) is 9.66 Å². The van der Waals surface area contributed by atoms with Crippen LogP contribution in [0, 0.1) is 0 Å². The normalized spacial score (nSPS) is 11.1. The van der Waals surface area contributed by atoms with Gasteiger partial charge in [-0.15, -0.1) is 0 Å². The van der Waals surface area contributed by atoms with Gasteiger partial charge in [-0.1, -0.05) is 0 Å². The zero-order chi connectivity index (χ0) is 11.9. The molecule has 2 rings (SSSR count). The maximum Gasteiger partial charge on any atom is 1.00 e. The number of carbonyl (C=O) groups is 1. The molecule has 1 aromatic carbocycles. The summed E-state index contributed by atoms with van der Waals surface area (Å²) >= 11 is 0. The molecule has 0 aliphatic carbocycles. The van der Waals surface area contributed by atoms with Gasteiger partial charge in [-0.3, -0.25) is 4.55 Å². The third-order valence-corrected chi connectivity index (χ3v) is 2.78. The van der Waals surface area contributed by atoms with Crippen LogP contribution >= 0.6 is 0 Å². The van der Waals surface area contributed by atoms with Crippen molar-refractivity contribution in [3.63, 3.8) is 0 Å². The Morgan fingerprint density at radius 2 is 1.94 bits per heavy atom. The molecule has 2 aromatic rings. The summed E-state index contributed by atoms with van der Waals surface area (Å²) in [5, 5.41) is 18.0. The number of nitrogens with zero attached hydrogens (tertiary/aromatic N) is 2. The number of nitrogens with one attached hydrogen (secondary N) is 1. The van der Waals surface area contributed by atoms with Crippen molar-refractivity contribution in [1.29, 1.82) is 0 Å².